The highest BCUT2D eigenvalue weighted by Crippen LogP contribution is 2.13. The molecule has 2 rings (SSSR count). The van der Waals surface area contributed by atoms with Gasteiger partial charge in [0.1, 0.15) is 24.3 Å². The first kappa shape index (κ1) is 18.2. The smallest absolute Gasteiger partial charge is 0.307 e. The van der Waals surface area contributed by atoms with Gasteiger partial charge in [-0.3, -0.25) is 14.5 Å². The van der Waals surface area contributed by atoms with Crippen molar-refractivity contribution < 1.29 is 28.6 Å². The minimum absolute atomic E-state index is 0.00526. The predicted molar refractivity (Wildman–Crippen MR) is 82.9 cm³/mol. The molecule has 1 saturated heterocycles. The summed E-state index contributed by atoms with van der Waals surface area (Å²) in [6, 6.07) is 4.80. The summed E-state index contributed by atoms with van der Waals surface area (Å²) in [5, 5.41) is 12.8. The van der Waals surface area contributed by atoms with E-state index in [-0.39, 0.29) is 31.3 Å². The van der Waals surface area contributed by atoms with Crippen LogP contribution in [-0.2, 0) is 14.3 Å². The fourth-order valence-corrected chi connectivity index (χ4v) is 2.49. The van der Waals surface area contributed by atoms with Crippen LogP contribution in [0.1, 0.15) is 6.42 Å². The molecule has 1 aliphatic heterocycles. The summed E-state index contributed by atoms with van der Waals surface area (Å²) in [6.07, 6.45) is -0.936. The lowest BCUT2D eigenvalue weighted by Gasteiger charge is -2.35. The van der Waals surface area contributed by atoms with Crippen LogP contribution in [0.25, 0.3) is 0 Å². The average molecular weight is 340 g/mol. The molecule has 8 heteroatoms. The number of aliphatic hydroxyl groups excluding tert-OH is 1. The standard InChI is InChI=1S/C16H21FN2O5/c1-23-15(21)8-14-16(22)18-6-7-19(14)9-12(20)10-24-13-4-2-11(17)3-5-13/h2-5,12,14,20H,6-10H2,1H3,(H,18,22)/t12-,14-/m1/s1. The van der Waals surface area contributed by atoms with Crippen LogP contribution >= 0.6 is 0 Å². The summed E-state index contributed by atoms with van der Waals surface area (Å²) in [5.74, 6) is -0.678. The first-order valence-electron chi connectivity index (χ1n) is 7.64. The van der Waals surface area contributed by atoms with E-state index in [9.17, 15) is 19.1 Å². The van der Waals surface area contributed by atoms with E-state index >= 15 is 0 Å². The van der Waals surface area contributed by atoms with E-state index in [0.29, 0.717) is 18.8 Å². The van der Waals surface area contributed by atoms with Gasteiger partial charge >= 0.3 is 5.97 Å². The summed E-state index contributed by atoms with van der Waals surface area (Å²) >= 11 is 0. The van der Waals surface area contributed by atoms with Crippen molar-refractivity contribution in [2.75, 3.05) is 33.4 Å². The Morgan fingerprint density at radius 3 is 2.83 bits per heavy atom. The summed E-state index contributed by atoms with van der Waals surface area (Å²) in [7, 11) is 1.26. The first-order chi connectivity index (χ1) is 11.5. The monoisotopic (exact) mass is 340 g/mol. The number of nitrogens with zero attached hydrogens (tertiary/aromatic N) is 1. The van der Waals surface area contributed by atoms with Gasteiger partial charge in [0.05, 0.1) is 19.6 Å². The van der Waals surface area contributed by atoms with Crippen LogP contribution in [0.15, 0.2) is 24.3 Å². The zero-order chi connectivity index (χ0) is 17.5. The molecule has 0 unspecified atom stereocenters. The maximum absolute atomic E-state index is 12.8. The SMILES string of the molecule is COC(=O)C[C@@H]1C(=O)NCCN1C[C@@H](O)COc1ccc(F)cc1. The summed E-state index contributed by atoms with van der Waals surface area (Å²) in [6.45, 7) is 1.13. The number of nitrogens with one attached hydrogen (secondary N) is 1. The van der Waals surface area contributed by atoms with E-state index in [1.54, 1.807) is 4.90 Å². The number of aliphatic hydroxyl groups is 1. The van der Waals surface area contributed by atoms with E-state index in [0.717, 1.165) is 0 Å². The van der Waals surface area contributed by atoms with Gasteiger partial charge in [0.15, 0.2) is 0 Å². The van der Waals surface area contributed by atoms with Gasteiger partial charge in [-0.05, 0) is 24.3 Å². The Bertz CT molecular complexity index is 566. The molecule has 2 N–H and O–H groups in total. The van der Waals surface area contributed by atoms with Crippen molar-refractivity contribution in [1.82, 2.24) is 10.2 Å². The van der Waals surface area contributed by atoms with Gasteiger partial charge in [-0.15, -0.1) is 0 Å². The number of benzene rings is 1. The molecule has 0 spiro atoms. The zero-order valence-corrected chi connectivity index (χ0v) is 13.4. The van der Waals surface area contributed by atoms with Gasteiger partial charge in [-0.2, -0.15) is 0 Å². The lowest BCUT2D eigenvalue weighted by molar-refractivity contribution is -0.146. The first-order valence-corrected chi connectivity index (χ1v) is 7.64. The molecule has 1 aromatic rings. The second kappa shape index (κ2) is 8.60. The average Bonchev–Trinajstić information content (AvgIpc) is 2.57. The molecular formula is C16H21FN2O5. The van der Waals surface area contributed by atoms with Gasteiger partial charge in [-0.25, -0.2) is 4.39 Å². The van der Waals surface area contributed by atoms with Crippen LogP contribution in [0.4, 0.5) is 4.39 Å². The highest BCUT2D eigenvalue weighted by molar-refractivity contribution is 5.87. The Kier molecular flexibility index (Phi) is 6.51. The molecule has 0 aliphatic carbocycles. The van der Waals surface area contributed by atoms with E-state index in [1.165, 1.54) is 31.4 Å². The molecule has 7 nitrogen and oxygen atoms in total. The summed E-state index contributed by atoms with van der Waals surface area (Å²) in [4.78, 5) is 25.1. The number of hydrogen-bond donors (Lipinski definition) is 2. The Labute approximate surface area is 139 Å². The number of halogens is 1. The summed E-state index contributed by atoms with van der Waals surface area (Å²) < 4.78 is 22.8. The lowest BCUT2D eigenvalue weighted by atomic mass is 10.1. The molecule has 1 fully saturated rings. The van der Waals surface area contributed by atoms with Crippen LogP contribution in [0.2, 0.25) is 0 Å². The van der Waals surface area contributed by atoms with Crippen LogP contribution in [0.5, 0.6) is 5.75 Å². The number of esters is 1. The number of rotatable bonds is 7. The summed E-state index contributed by atoms with van der Waals surface area (Å²) in [5.41, 5.74) is 0. The Morgan fingerprint density at radius 1 is 1.46 bits per heavy atom. The number of hydrogen-bond acceptors (Lipinski definition) is 6. The van der Waals surface area contributed by atoms with Gasteiger partial charge in [0, 0.05) is 19.6 Å². The molecule has 24 heavy (non-hydrogen) atoms. The van der Waals surface area contributed by atoms with Crippen molar-refractivity contribution in [1.29, 1.82) is 0 Å². The Morgan fingerprint density at radius 2 is 2.17 bits per heavy atom. The number of amides is 1. The van der Waals surface area contributed by atoms with Crippen molar-refractivity contribution in [3.63, 3.8) is 0 Å². The van der Waals surface area contributed by atoms with Crippen molar-refractivity contribution in [2.45, 2.75) is 18.6 Å². The lowest BCUT2D eigenvalue weighted by Crippen LogP contribution is -2.57. The van der Waals surface area contributed by atoms with Crippen molar-refractivity contribution >= 4 is 11.9 Å². The molecule has 0 aromatic heterocycles. The third kappa shape index (κ3) is 5.17. The topological polar surface area (TPSA) is 88.1 Å². The predicted octanol–water partition coefficient (Wildman–Crippen LogP) is -0.0711. The molecule has 1 heterocycles. The molecule has 1 aliphatic rings. The van der Waals surface area contributed by atoms with E-state index in [1.807, 2.05) is 0 Å². The van der Waals surface area contributed by atoms with Crippen molar-refractivity contribution in [3.8, 4) is 5.75 Å². The van der Waals surface area contributed by atoms with Crippen LogP contribution in [-0.4, -0.2) is 67.4 Å². The second-order valence-corrected chi connectivity index (χ2v) is 5.50. The molecule has 0 saturated carbocycles. The van der Waals surface area contributed by atoms with Crippen molar-refractivity contribution in [3.05, 3.63) is 30.1 Å². The molecule has 2 atom stereocenters. The van der Waals surface area contributed by atoms with Crippen molar-refractivity contribution in [2.24, 2.45) is 0 Å². The van der Waals surface area contributed by atoms with Gasteiger partial charge in [-0.1, -0.05) is 0 Å². The minimum Gasteiger partial charge on any atom is -0.491 e. The molecule has 132 valence electrons. The highest BCUT2D eigenvalue weighted by atomic mass is 19.1. The van der Waals surface area contributed by atoms with E-state index in [4.69, 9.17) is 4.74 Å². The van der Waals surface area contributed by atoms with E-state index in [2.05, 4.69) is 10.1 Å². The molecule has 0 bridgehead atoms. The number of piperazine rings is 1. The molecule has 0 radical (unpaired) electrons. The molecule has 1 amide bonds. The minimum atomic E-state index is -0.860. The third-order valence-electron chi connectivity index (χ3n) is 3.73. The van der Waals surface area contributed by atoms with Gasteiger partial charge in [0.2, 0.25) is 5.91 Å². The van der Waals surface area contributed by atoms with Gasteiger partial charge in [0.25, 0.3) is 0 Å². The quantitative estimate of drug-likeness (QED) is 0.676. The largest absolute Gasteiger partial charge is 0.491 e. The normalized spacial score (nSPS) is 19.5. The fourth-order valence-electron chi connectivity index (χ4n) is 2.49. The Hall–Kier alpha value is -2.19. The van der Waals surface area contributed by atoms with Crippen LogP contribution in [0, 0.1) is 5.82 Å². The maximum atomic E-state index is 12.8. The second-order valence-electron chi connectivity index (χ2n) is 5.50. The van der Waals surface area contributed by atoms with E-state index < -0.39 is 18.1 Å². The number of β-amino-alcohol motifs (C(OH)–C–C–N with tert-alkyl or cyclic N) is 1. The number of ether oxygens (including phenoxy) is 2. The third-order valence-corrected chi connectivity index (χ3v) is 3.73. The highest BCUT2D eigenvalue weighted by Gasteiger charge is 2.33. The number of carbonyl (C=O) groups is 2. The molecule has 1 aromatic carbocycles. The van der Waals surface area contributed by atoms with Crippen LogP contribution < -0.4 is 10.1 Å². The Balaban J connectivity index is 1.87. The fraction of sp³-hybridized carbons (Fsp3) is 0.500. The van der Waals surface area contributed by atoms with Gasteiger partial charge < -0.3 is 19.9 Å². The number of carbonyl (C=O) groups excluding carboxylic acids is 2. The zero-order valence-electron chi connectivity index (χ0n) is 13.4. The van der Waals surface area contributed by atoms with Crippen LogP contribution in [0.3, 0.4) is 0 Å². The maximum Gasteiger partial charge on any atom is 0.307 e. The number of methoxy groups -OCH3 is 1. The molecular weight excluding hydrogens is 319 g/mol.